The summed E-state index contributed by atoms with van der Waals surface area (Å²) in [7, 11) is 0. The van der Waals surface area contributed by atoms with Crippen LogP contribution in [0.3, 0.4) is 0 Å². The van der Waals surface area contributed by atoms with Gasteiger partial charge in [0, 0.05) is 6.08 Å². The summed E-state index contributed by atoms with van der Waals surface area (Å²) in [4.78, 5) is 12.3. The summed E-state index contributed by atoms with van der Waals surface area (Å²) in [5.41, 5.74) is 4.09. The molecule has 0 aromatic heterocycles. The zero-order valence-corrected chi connectivity index (χ0v) is 19.0. The number of ether oxygens (including phenoxy) is 2. The molecule has 35 heavy (non-hydrogen) atoms. The molecule has 0 amide bonds. The molecule has 0 radical (unpaired) electrons. The molecule has 4 aromatic carbocycles. The lowest BCUT2D eigenvalue weighted by molar-refractivity contribution is -0.128. The van der Waals surface area contributed by atoms with Crippen molar-refractivity contribution in [3.8, 4) is 17.6 Å². The molecular weight excluding hydrogens is 434 g/mol. The maximum Gasteiger partial charge on any atom is 0.336 e. The zero-order chi connectivity index (χ0) is 24.3. The van der Waals surface area contributed by atoms with E-state index in [9.17, 15) is 10.1 Å². The van der Waals surface area contributed by atoms with Gasteiger partial charge in [-0.05, 0) is 58.7 Å². The molecule has 0 bridgehead atoms. The Labute approximate surface area is 205 Å². The van der Waals surface area contributed by atoms with Crippen LogP contribution in [0.4, 0.5) is 0 Å². The first kappa shape index (κ1) is 23.3. The lowest BCUT2D eigenvalue weighted by Gasteiger charge is -2.06. The molecule has 4 rings (SSSR count). The number of esters is 1. The van der Waals surface area contributed by atoms with Crippen molar-refractivity contribution in [2.75, 3.05) is 0 Å². The Bertz CT molecular complexity index is 1370. The van der Waals surface area contributed by atoms with E-state index in [1.807, 2.05) is 91.0 Å². The van der Waals surface area contributed by atoms with E-state index < -0.39 is 5.97 Å². The van der Waals surface area contributed by atoms with Gasteiger partial charge < -0.3 is 9.47 Å². The third-order valence-electron chi connectivity index (χ3n) is 5.13. The van der Waals surface area contributed by atoms with Gasteiger partial charge in [-0.15, -0.1) is 0 Å². The van der Waals surface area contributed by atoms with Gasteiger partial charge in [0.2, 0.25) is 0 Å². The first-order valence-electron chi connectivity index (χ1n) is 11.1. The van der Waals surface area contributed by atoms with Gasteiger partial charge in [0.15, 0.2) is 0 Å². The maximum atomic E-state index is 12.3. The van der Waals surface area contributed by atoms with E-state index in [1.165, 1.54) is 6.08 Å². The molecule has 4 aromatic rings. The molecule has 4 heteroatoms. The quantitative estimate of drug-likeness (QED) is 0.0944. The van der Waals surface area contributed by atoms with Gasteiger partial charge in [-0.25, -0.2) is 4.79 Å². The largest absolute Gasteiger partial charge is 0.489 e. The Hall–Kier alpha value is -4.88. The third-order valence-corrected chi connectivity index (χ3v) is 5.13. The highest BCUT2D eigenvalue weighted by Gasteiger charge is 2.04. The highest BCUT2D eigenvalue weighted by atomic mass is 16.5. The molecule has 0 atom stereocenters. The number of hydrogen-bond acceptors (Lipinski definition) is 4. The molecule has 0 aliphatic carbocycles. The van der Waals surface area contributed by atoms with Crippen molar-refractivity contribution < 1.29 is 14.3 Å². The number of nitriles is 1. The molecule has 0 spiro atoms. The Morgan fingerprint density at radius 2 is 1.49 bits per heavy atom. The minimum absolute atomic E-state index is 0.406. The second kappa shape index (κ2) is 11.8. The standard InChI is InChI=1S/C31H23NO3/c32-22-28(27-11-5-2-6-12-27)20-26-10-7-13-30(21-26)35-31(33)19-16-24-14-17-29(18-15-24)34-23-25-8-3-1-4-9-25/h1-21H,23H2/b19-16+,28-20-. The van der Waals surface area contributed by atoms with E-state index in [-0.39, 0.29) is 0 Å². The van der Waals surface area contributed by atoms with Crippen LogP contribution >= 0.6 is 0 Å². The van der Waals surface area contributed by atoms with Crippen LogP contribution in [-0.2, 0) is 11.4 Å². The van der Waals surface area contributed by atoms with Crippen LogP contribution in [0.15, 0.2) is 115 Å². The number of allylic oxidation sites excluding steroid dienone is 1. The lowest BCUT2D eigenvalue weighted by atomic mass is 10.0. The fraction of sp³-hybridized carbons (Fsp3) is 0.0323. The van der Waals surface area contributed by atoms with Gasteiger partial charge in [-0.1, -0.05) is 84.9 Å². The summed E-state index contributed by atoms with van der Waals surface area (Å²) in [6.45, 7) is 0.498. The third kappa shape index (κ3) is 7.05. The van der Waals surface area contributed by atoms with Crippen molar-refractivity contribution in [2.45, 2.75) is 6.61 Å². The van der Waals surface area contributed by atoms with E-state index in [1.54, 1.807) is 30.4 Å². The minimum atomic E-state index is -0.487. The molecule has 0 heterocycles. The smallest absolute Gasteiger partial charge is 0.336 e. The Kier molecular flexibility index (Phi) is 7.87. The number of carbonyl (C=O) groups is 1. The molecular formula is C31H23NO3. The first-order chi connectivity index (χ1) is 17.2. The topological polar surface area (TPSA) is 59.3 Å². The van der Waals surface area contributed by atoms with E-state index in [4.69, 9.17) is 9.47 Å². The van der Waals surface area contributed by atoms with Gasteiger partial charge in [-0.3, -0.25) is 0 Å². The second-order valence-corrected chi connectivity index (χ2v) is 7.71. The van der Waals surface area contributed by atoms with E-state index in [0.29, 0.717) is 17.9 Å². The van der Waals surface area contributed by atoms with E-state index in [2.05, 4.69) is 6.07 Å². The molecule has 0 N–H and O–H groups in total. The maximum absolute atomic E-state index is 12.3. The normalized spacial score (nSPS) is 11.1. The van der Waals surface area contributed by atoms with Crippen LogP contribution in [0.5, 0.6) is 11.5 Å². The molecule has 0 fully saturated rings. The summed E-state index contributed by atoms with van der Waals surface area (Å²) in [5.74, 6) is 0.674. The molecule has 4 nitrogen and oxygen atoms in total. The number of nitrogens with zero attached hydrogens (tertiary/aromatic N) is 1. The predicted molar refractivity (Wildman–Crippen MR) is 138 cm³/mol. The molecule has 0 aliphatic rings. The number of hydrogen-bond donors (Lipinski definition) is 0. The van der Waals surface area contributed by atoms with Gasteiger partial charge in [-0.2, -0.15) is 5.26 Å². The van der Waals surface area contributed by atoms with Crippen molar-refractivity contribution in [3.63, 3.8) is 0 Å². The average Bonchev–Trinajstić information content (AvgIpc) is 2.91. The highest BCUT2D eigenvalue weighted by molar-refractivity contribution is 5.90. The van der Waals surface area contributed by atoms with Gasteiger partial charge in [0.25, 0.3) is 0 Å². The highest BCUT2D eigenvalue weighted by Crippen LogP contribution is 2.21. The van der Waals surface area contributed by atoms with Crippen LogP contribution in [0.25, 0.3) is 17.7 Å². The number of carbonyl (C=O) groups excluding carboxylic acids is 1. The summed E-state index contributed by atoms with van der Waals surface area (Å²) < 4.78 is 11.2. The van der Waals surface area contributed by atoms with Crippen molar-refractivity contribution >= 4 is 23.7 Å². The second-order valence-electron chi connectivity index (χ2n) is 7.71. The van der Waals surface area contributed by atoms with Crippen molar-refractivity contribution in [1.82, 2.24) is 0 Å². The van der Waals surface area contributed by atoms with Gasteiger partial charge in [0.1, 0.15) is 18.1 Å². The van der Waals surface area contributed by atoms with Crippen LogP contribution in [0, 0.1) is 11.3 Å². The lowest BCUT2D eigenvalue weighted by Crippen LogP contribution is -2.03. The minimum Gasteiger partial charge on any atom is -0.489 e. The molecule has 0 saturated heterocycles. The summed E-state index contributed by atoms with van der Waals surface area (Å²) in [5, 5.41) is 9.51. The van der Waals surface area contributed by atoms with Crippen molar-refractivity contribution in [3.05, 3.63) is 138 Å². The molecule has 0 unspecified atom stereocenters. The van der Waals surface area contributed by atoms with Crippen LogP contribution < -0.4 is 9.47 Å². The first-order valence-corrected chi connectivity index (χ1v) is 11.1. The summed E-state index contributed by atoms with van der Waals surface area (Å²) in [6.07, 6.45) is 4.84. The molecule has 0 saturated carbocycles. The monoisotopic (exact) mass is 457 g/mol. The van der Waals surface area contributed by atoms with Gasteiger partial charge in [0.05, 0.1) is 11.6 Å². The molecule has 170 valence electrons. The van der Waals surface area contributed by atoms with E-state index in [0.717, 1.165) is 28.0 Å². The Morgan fingerprint density at radius 3 is 2.20 bits per heavy atom. The van der Waals surface area contributed by atoms with Crippen molar-refractivity contribution in [2.24, 2.45) is 0 Å². The Balaban J connectivity index is 1.35. The van der Waals surface area contributed by atoms with Crippen LogP contribution in [0.2, 0.25) is 0 Å². The van der Waals surface area contributed by atoms with Crippen molar-refractivity contribution in [1.29, 1.82) is 5.26 Å². The number of benzene rings is 4. The SMILES string of the molecule is N#C/C(=C/c1cccc(OC(=O)/C=C/c2ccc(OCc3ccccc3)cc2)c1)c1ccccc1. The fourth-order valence-electron chi connectivity index (χ4n) is 3.36. The van der Waals surface area contributed by atoms with Crippen LogP contribution in [-0.4, -0.2) is 5.97 Å². The van der Waals surface area contributed by atoms with Gasteiger partial charge >= 0.3 is 5.97 Å². The summed E-state index contributed by atoms with van der Waals surface area (Å²) in [6, 6.07) is 36.2. The predicted octanol–water partition coefficient (Wildman–Crippen LogP) is 6.95. The van der Waals surface area contributed by atoms with Crippen LogP contribution in [0.1, 0.15) is 22.3 Å². The average molecular weight is 458 g/mol. The molecule has 0 aliphatic heterocycles. The zero-order valence-electron chi connectivity index (χ0n) is 19.0. The van der Waals surface area contributed by atoms with E-state index >= 15 is 0 Å². The fourth-order valence-corrected chi connectivity index (χ4v) is 3.36. The Morgan fingerprint density at radius 1 is 0.771 bits per heavy atom. The number of rotatable bonds is 8. The summed E-state index contributed by atoms with van der Waals surface area (Å²) >= 11 is 0.